The molecular formula is C29H49N3O. The minimum absolute atomic E-state index is 0.141. The number of amides is 1. The molecule has 1 heterocycles. The molecule has 0 aromatic rings. The molecule has 1 spiro atoms. The lowest BCUT2D eigenvalue weighted by Gasteiger charge is -2.58. The average molecular weight is 456 g/mol. The van der Waals surface area contributed by atoms with Crippen LogP contribution in [0.2, 0.25) is 0 Å². The van der Waals surface area contributed by atoms with Crippen molar-refractivity contribution < 1.29 is 4.79 Å². The Balaban J connectivity index is 1.32. The van der Waals surface area contributed by atoms with Crippen LogP contribution >= 0.6 is 0 Å². The molecule has 1 amide bonds. The predicted octanol–water partition coefficient (Wildman–Crippen LogP) is 5.08. The highest BCUT2D eigenvalue weighted by Crippen LogP contribution is 2.68. The third kappa shape index (κ3) is 3.56. The summed E-state index contributed by atoms with van der Waals surface area (Å²) in [6.45, 7) is 10.7. The topological polar surface area (TPSA) is 49.6 Å². The smallest absolute Gasteiger partial charge is 0.239 e. The van der Waals surface area contributed by atoms with Crippen molar-refractivity contribution in [3.63, 3.8) is 0 Å². The molecule has 186 valence electrons. The van der Waals surface area contributed by atoms with Gasteiger partial charge in [-0.05, 0) is 112 Å². The van der Waals surface area contributed by atoms with Crippen LogP contribution in [0.15, 0.2) is 11.6 Å². The number of rotatable bonds is 4. The van der Waals surface area contributed by atoms with Gasteiger partial charge in [-0.3, -0.25) is 4.79 Å². The quantitative estimate of drug-likeness (QED) is 0.602. The molecule has 1 aliphatic heterocycles. The number of likely N-dealkylation sites (tertiary alicyclic amines) is 1. The van der Waals surface area contributed by atoms with Gasteiger partial charge in [-0.1, -0.05) is 32.4 Å². The number of nitrogens with zero attached hydrogens (tertiary/aromatic N) is 2. The molecule has 4 aliphatic carbocycles. The summed E-state index contributed by atoms with van der Waals surface area (Å²) in [6.07, 6.45) is 13.9. The first-order valence-electron chi connectivity index (χ1n) is 14.0. The summed E-state index contributed by atoms with van der Waals surface area (Å²) in [6, 6.07) is 0.730. The molecule has 4 fully saturated rings. The fraction of sp³-hybridized carbons (Fsp3) is 0.897. The number of allylic oxidation sites excluding steroid dienone is 1. The van der Waals surface area contributed by atoms with Crippen LogP contribution in [0.25, 0.3) is 0 Å². The van der Waals surface area contributed by atoms with Crippen molar-refractivity contribution >= 4 is 5.91 Å². The largest absolute Gasteiger partial charge is 0.341 e. The summed E-state index contributed by atoms with van der Waals surface area (Å²) in [7, 11) is 4.37. The number of fused-ring (bicyclic) bond motifs is 4. The van der Waals surface area contributed by atoms with Gasteiger partial charge in [-0.25, -0.2) is 0 Å². The van der Waals surface area contributed by atoms with Gasteiger partial charge in [0, 0.05) is 25.7 Å². The first-order valence-corrected chi connectivity index (χ1v) is 14.0. The Morgan fingerprint density at radius 3 is 2.64 bits per heavy atom. The first-order chi connectivity index (χ1) is 15.6. The molecule has 0 aromatic heterocycles. The van der Waals surface area contributed by atoms with E-state index in [2.05, 4.69) is 45.7 Å². The molecule has 1 saturated heterocycles. The molecule has 5 aliphatic rings. The van der Waals surface area contributed by atoms with Crippen LogP contribution in [0.5, 0.6) is 0 Å². The summed E-state index contributed by atoms with van der Waals surface area (Å²) in [5, 5.41) is 0. The van der Waals surface area contributed by atoms with Crippen LogP contribution in [-0.4, -0.2) is 54.5 Å². The van der Waals surface area contributed by atoms with E-state index < -0.39 is 0 Å². The van der Waals surface area contributed by atoms with Crippen molar-refractivity contribution in [2.75, 3.05) is 20.6 Å². The maximum absolute atomic E-state index is 13.0. The molecule has 4 heteroatoms. The number of likely N-dealkylation sites (N-methyl/N-ethyl adjacent to an activating group) is 1. The van der Waals surface area contributed by atoms with Gasteiger partial charge in [0.25, 0.3) is 0 Å². The van der Waals surface area contributed by atoms with Gasteiger partial charge in [0.15, 0.2) is 0 Å². The zero-order valence-corrected chi connectivity index (χ0v) is 22.1. The third-order valence-corrected chi connectivity index (χ3v) is 11.6. The molecule has 5 rings (SSSR count). The van der Waals surface area contributed by atoms with Crippen LogP contribution < -0.4 is 5.73 Å². The van der Waals surface area contributed by atoms with Gasteiger partial charge >= 0.3 is 0 Å². The Labute approximate surface area is 202 Å². The summed E-state index contributed by atoms with van der Waals surface area (Å²) >= 11 is 0. The van der Waals surface area contributed by atoms with Gasteiger partial charge in [0.05, 0.1) is 6.04 Å². The maximum atomic E-state index is 13.0. The number of carbonyl (C=O) groups excluding carboxylic acids is 1. The van der Waals surface area contributed by atoms with Gasteiger partial charge in [-0.15, -0.1) is 0 Å². The van der Waals surface area contributed by atoms with E-state index in [0.717, 1.165) is 49.0 Å². The predicted molar refractivity (Wildman–Crippen MR) is 136 cm³/mol. The lowest BCUT2D eigenvalue weighted by molar-refractivity contribution is -0.134. The number of nitrogens with two attached hydrogens (primary N) is 1. The summed E-state index contributed by atoms with van der Waals surface area (Å²) in [5.74, 6) is 4.18. The molecule has 4 nitrogen and oxygen atoms in total. The monoisotopic (exact) mass is 455 g/mol. The molecule has 0 aromatic carbocycles. The number of hydrogen-bond donors (Lipinski definition) is 1. The van der Waals surface area contributed by atoms with Gasteiger partial charge in [0.2, 0.25) is 5.91 Å². The zero-order chi connectivity index (χ0) is 23.7. The third-order valence-electron chi connectivity index (χ3n) is 11.6. The summed E-state index contributed by atoms with van der Waals surface area (Å²) in [4.78, 5) is 17.7. The molecule has 0 bridgehead atoms. The molecule has 3 saturated carbocycles. The summed E-state index contributed by atoms with van der Waals surface area (Å²) < 4.78 is 0. The van der Waals surface area contributed by atoms with Crippen LogP contribution in [0, 0.1) is 40.4 Å². The fourth-order valence-corrected chi connectivity index (χ4v) is 9.82. The Kier molecular flexibility index (Phi) is 6.04. The van der Waals surface area contributed by atoms with E-state index in [1.54, 1.807) is 5.57 Å². The second kappa shape index (κ2) is 8.36. The van der Waals surface area contributed by atoms with E-state index in [1.807, 2.05) is 11.9 Å². The van der Waals surface area contributed by atoms with E-state index in [-0.39, 0.29) is 11.9 Å². The number of carbonyl (C=O) groups is 1. The van der Waals surface area contributed by atoms with Crippen molar-refractivity contribution in [3.05, 3.63) is 11.6 Å². The van der Waals surface area contributed by atoms with Crippen molar-refractivity contribution in [2.24, 2.45) is 46.2 Å². The van der Waals surface area contributed by atoms with Crippen LogP contribution in [0.3, 0.4) is 0 Å². The van der Waals surface area contributed by atoms with Crippen LogP contribution in [0.1, 0.15) is 85.5 Å². The van der Waals surface area contributed by atoms with E-state index in [1.165, 1.54) is 45.1 Å². The molecular weight excluding hydrogens is 406 g/mol. The van der Waals surface area contributed by atoms with Gasteiger partial charge in [-0.2, -0.15) is 0 Å². The van der Waals surface area contributed by atoms with E-state index in [9.17, 15) is 4.79 Å². The SMILES string of the molecule is CC(C)CC(N)C(=O)N(C)C1CCC2(C)C(=CCC3C2CCC24CN(C)C(C)C2CCC34)C1. The van der Waals surface area contributed by atoms with E-state index in [0.29, 0.717) is 22.8 Å². The van der Waals surface area contributed by atoms with E-state index in [4.69, 9.17) is 5.73 Å². The Bertz CT molecular complexity index is 807. The molecule has 33 heavy (non-hydrogen) atoms. The Morgan fingerprint density at radius 1 is 1.18 bits per heavy atom. The van der Waals surface area contributed by atoms with Crippen molar-refractivity contribution in [3.8, 4) is 0 Å². The van der Waals surface area contributed by atoms with Crippen molar-refractivity contribution in [2.45, 2.75) is 104 Å². The Hall–Kier alpha value is -0.870. The average Bonchev–Trinajstić information content (AvgIpc) is 3.25. The maximum Gasteiger partial charge on any atom is 0.239 e. The molecule has 2 N–H and O–H groups in total. The highest BCUT2D eigenvalue weighted by Gasteiger charge is 2.64. The minimum atomic E-state index is -0.357. The highest BCUT2D eigenvalue weighted by atomic mass is 16.2. The second-order valence-corrected chi connectivity index (χ2v) is 13.5. The first kappa shape index (κ1) is 23.9. The second-order valence-electron chi connectivity index (χ2n) is 13.5. The fourth-order valence-electron chi connectivity index (χ4n) is 9.82. The van der Waals surface area contributed by atoms with Crippen LogP contribution in [-0.2, 0) is 4.79 Å². The molecule has 9 unspecified atom stereocenters. The summed E-state index contributed by atoms with van der Waals surface area (Å²) in [5.41, 5.74) is 8.89. The highest BCUT2D eigenvalue weighted by molar-refractivity contribution is 5.81. The van der Waals surface area contributed by atoms with Crippen molar-refractivity contribution in [1.82, 2.24) is 9.80 Å². The van der Waals surface area contributed by atoms with Crippen molar-refractivity contribution in [1.29, 1.82) is 0 Å². The normalized spacial score (nSPS) is 45.6. The Morgan fingerprint density at radius 2 is 1.91 bits per heavy atom. The minimum Gasteiger partial charge on any atom is -0.341 e. The number of hydrogen-bond acceptors (Lipinski definition) is 3. The van der Waals surface area contributed by atoms with E-state index >= 15 is 0 Å². The molecule has 9 atom stereocenters. The lowest BCUT2D eigenvalue weighted by Crippen LogP contribution is -2.54. The molecule has 0 radical (unpaired) electrons. The lowest BCUT2D eigenvalue weighted by atomic mass is 9.47. The van der Waals surface area contributed by atoms with Crippen LogP contribution in [0.4, 0.5) is 0 Å². The van der Waals surface area contributed by atoms with Gasteiger partial charge < -0.3 is 15.5 Å². The van der Waals surface area contributed by atoms with Gasteiger partial charge in [0.1, 0.15) is 0 Å². The standard InChI is InChI=1S/C29H49N3O/c1-18(2)15-26(30)27(33)32(6)21-11-13-28(4)20(16-21)7-8-22-24(28)12-14-29-17-31(5)19(3)23(29)9-10-25(22)29/h7,18-19,21-26H,8-17,30H2,1-6H3. The zero-order valence-electron chi connectivity index (χ0n) is 22.1.